The van der Waals surface area contributed by atoms with E-state index in [1.54, 1.807) is 0 Å². The molecule has 1 aliphatic heterocycles. The molecule has 4 nitrogen and oxygen atoms in total. The molecule has 1 rings (SSSR count). The Morgan fingerprint density at radius 3 is 2.50 bits per heavy atom. The average molecular weight is 256 g/mol. The number of ether oxygens (including phenoxy) is 2. The molecule has 4 heteroatoms. The molecular formula is C14H24O4. The summed E-state index contributed by atoms with van der Waals surface area (Å²) in [6, 6.07) is 0. The van der Waals surface area contributed by atoms with E-state index in [2.05, 4.69) is 4.74 Å². The van der Waals surface area contributed by atoms with Gasteiger partial charge in [0.05, 0.1) is 7.11 Å². The second-order valence-electron chi connectivity index (χ2n) is 4.89. The first kappa shape index (κ1) is 15.0. The minimum atomic E-state index is -0.113. The largest absolute Gasteiger partial charge is 0.469 e. The zero-order valence-corrected chi connectivity index (χ0v) is 11.3. The highest BCUT2D eigenvalue weighted by molar-refractivity contribution is 5.71. The average Bonchev–Trinajstić information content (AvgIpc) is 2.78. The van der Waals surface area contributed by atoms with Crippen LogP contribution in [0, 0.1) is 0 Å². The van der Waals surface area contributed by atoms with Crippen molar-refractivity contribution in [1.29, 1.82) is 0 Å². The van der Waals surface area contributed by atoms with Crippen molar-refractivity contribution in [1.82, 2.24) is 0 Å². The normalized spacial score (nSPS) is 18.7. The highest BCUT2D eigenvalue weighted by Crippen LogP contribution is 2.20. The molecule has 0 saturated carbocycles. The van der Waals surface area contributed by atoms with E-state index >= 15 is 0 Å². The van der Waals surface area contributed by atoms with Gasteiger partial charge in [-0.3, -0.25) is 9.59 Å². The second kappa shape index (κ2) is 8.95. The Bertz CT molecular complexity index is 263. The minimum absolute atomic E-state index is 0.0391. The summed E-state index contributed by atoms with van der Waals surface area (Å²) in [4.78, 5) is 21.7. The number of unbranched alkanes of at least 4 members (excludes halogenated alkanes) is 5. The molecule has 0 spiro atoms. The third-order valence-corrected chi connectivity index (χ3v) is 3.35. The van der Waals surface area contributed by atoms with E-state index in [0.717, 1.165) is 32.1 Å². The Balaban J connectivity index is 1.81. The lowest BCUT2D eigenvalue weighted by molar-refractivity contribution is -0.142. The van der Waals surface area contributed by atoms with Crippen LogP contribution in [0.15, 0.2) is 0 Å². The third-order valence-electron chi connectivity index (χ3n) is 3.35. The summed E-state index contributed by atoms with van der Waals surface area (Å²) >= 11 is 0. The van der Waals surface area contributed by atoms with E-state index in [9.17, 15) is 9.59 Å². The quantitative estimate of drug-likeness (QED) is 0.470. The lowest BCUT2D eigenvalue weighted by atomic mass is 10.0. The van der Waals surface area contributed by atoms with Gasteiger partial charge in [0.25, 0.3) is 0 Å². The van der Waals surface area contributed by atoms with Gasteiger partial charge < -0.3 is 9.47 Å². The maximum Gasteiger partial charge on any atom is 0.306 e. The second-order valence-corrected chi connectivity index (χ2v) is 4.89. The van der Waals surface area contributed by atoms with Crippen LogP contribution in [0.4, 0.5) is 0 Å². The molecule has 0 aromatic carbocycles. The van der Waals surface area contributed by atoms with E-state index in [1.165, 1.54) is 26.4 Å². The summed E-state index contributed by atoms with van der Waals surface area (Å²) in [5.41, 5.74) is 0. The first-order valence-corrected chi connectivity index (χ1v) is 6.98. The van der Waals surface area contributed by atoms with Crippen molar-refractivity contribution in [3.8, 4) is 0 Å². The molecule has 1 aliphatic rings. The fourth-order valence-corrected chi connectivity index (χ4v) is 2.24. The predicted molar refractivity (Wildman–Crippen MR) is 68.1 cm³/mol. The molecule has 1 heterocycles. The maximum atomic E-state index is 10.9. The van der Waals surface area contributed by atoms with Crippen molar-refractivity contribution < 1.29 is 19.1 Å². The Morgan fingerprint density at radius 1 is 1.22 bits per heavy atom. The van der Waals surface area contributed by atoms with Crippen LogP contribution < -0.4 is 0 Å². The minimum Gasteiger partial charge on any atom is -0.469 e. The Morgan fingerprint density at radius 2 is 1.89 bits per heavy atom. The molecule has 0 bridgehead atoms. The lowest BCUT2D eigenvalue weighted by Gasteiger charge is -2.08. The fourth-order valence-electron chi connectivity index (χ4n) is 2.24. The van der Waals surface area contributed by atoms with Crippen LogP contribution >= 0.6 is 0 Å². The number of hydrogen-bond donors (Lipinski definition) is 0. The SMILES string of the molecule is COC(=O)CCCCCCCCC1CCC(=O)O1. The fraction of sp³-hybridized carbons (Fsp3) is 0.857. The van der Waals surface area contributed by atoms with Crippen LogP contribution in [0.3, 0.4) is 0 Å². The van der Waals surface area contributed by atoms with Gasteiger partial charge in [-0.2, -0.15) is 0 Å². The van der Waals surface area contributed by atoms with Gasteiger partial charge in [0.2, 0.25) is 0 Å². The van der Waals surface area contributed by atoms with Crippen molar-refractivity contribution in [2.75, 3.05) is 7.11 Å². The predicted octanol–water partition coefficient (Wildman–Crippen LogP) is 2.99. The Hall–Kier alpha value is -1.06. The molecule has 1 saturated heterocycles. The summed E-state index contributed by atoms with van der Waals surface area (Å²) in [5.74, 6) is -0.152. The van der Waals surface area contributed by atoms with Crippen molar-refractivity contribution >= 4 is 11.9 Å². The zero-order chi connectivity index (χ0) is 13.2. The first-order chi connectivity index (χ1) is 8.72. The number of methoxy groups -OCH3 is 1. The maximum absolute atomic E-state index is 10.9. The van der Waals surface area contributed by atoms with Crippen LogP contribution in [-0.2, 0) is 19.1 Å². The topological polar surface area (TPSA) is 52.6 Å². The van der Waals surface area contributed by atoms with Gasteiger partial charge in [0.1, 0.15) is 6.10 Å². The number of esters is 2. The summed E-state index contributed by atoms with van der Waals surface area (Å²) in [5, 5.41) is 0. The Kier molecular flexibility index (Phi) is 7.46. The van der Waals surface area contributed by atoms with Crippen molar-refractivity contribution in [2.45, 2.75) is 70.3 Å². The number of rotatable bonds is 9. The summed E-state index contributed by atoms with van der Waals surface area (Å²) in [7, 11) is 1.43. The monoisotopic (exact) mass is 256 g/mol. The van der Waals surface area contributed by atoms with Gasteiger partial charge in [-0.05, 0) is 25.7 Å². The van der Waals surface area contributed by atoms with Gasteiger partial charge in [-0.25, -0.2) is 0 Å². The van der Waals surface area contributed by atoms with Crippen LogP contribution in [0.2, 0.25) is 0 Å². The zero-order valence-electron chi connectivity index (χ0n) is 11.3. The van der Waals surface area contributed by atoms with Crippen LogP contribution in [-0.4, -0.2) is 25.2 Å². The Labute approximate surface area is 109 Å². The molecule has 0 aliphatic carbocycles. The highest BCUT2D eigenvalue weighted by Gasteiger charge is 2.22. The molecule has 1 atom stereocenters. The van der Waals surface area contributed by atoms with Crippen molar-refractivity contribution in [2.24, 2.45) is 0 Å². The number of carbonyl (C=O) groups is 2. The molecule has 0 radical (unpaired) electrons. The molecular weight excluding hydrogens is 232 g/mol. The number of hydrogen-bond acceptors (Lipinski definition) is 4. The summed E-state index contributed by atoms with van der Waals surface area (Å²) < 4.78 is 9.74. The van der Waals surface area contributed by atoms with Crippen LogP contribution in [0.5, 0.6) is 0 Å². The molecule has 0 amide bonds. The molecule has 0 aromatic heterocycles. The van der Waals surface area contributed by atoms with Gasteiger partial charge in [0, 0.05) is 12.8 Å². The van der Waals surface area contributed by atoms with E-state index < -0.39 is 0 Å². The van der Waals surface area contributed by atoms with E-state index in [-0.39, 0.29) is 18.0 Å². The third kappa shape index (κ3) is 6.62. The molecule has 0 aromatic rings. The van der Waals surface area contributed by atoms with Crippen LogP contribution in [0.1, 0.15) is 64.2 Å². The van der Waals surface area contributed by atoms with Gasteiger partial charge in [0.15, 0.2) is 0 Å². The van der Waals surface area contributed by atoms with E-state index in [4.69, 9.17) is 4.74 Å². The number of carbonyl (C=O) groups excluding carboxylic acids is 2. The summed E-state index contributed by atoms with van der Waals surface area (Å²) in [6.45, 7) is 0. The standard InChI is InChI=1S/C14H24O4/c1-17-13(15)9-7-5-3-2-4-6-8-12-10-11-14(16)18-12/h12H,2-11H2,1H3. The van der Waals surface area contributed by atoms with Gasteiger partial charge >= 0.3 is 11.9 Å². The van der Waals surface area contributed by atoms with E-state index in [1.807, 2.05) is 0 Å². The van der Waals surface area contributed by atoms with Crippen molar-refractivity contribution in [3.05, 3.63) is 0 Å². The molecule has 0 N–H and O–H groups in total. The lowest BCUT2D eigenvalue weighted by Crippen LogP contribution is -2.06. The van der Waals surface area contributed by atoms with Crippen LogP contribution in [0.25, 0.3) is 0 Å². The van der Waals surface area contributed by atoms with E-state index in [0.29, 0.717) is 12.8 Å². The molecule has 104 valence electrons. The number of cyclic esters (lactones) is 1. The highest BCUT2D eigenvalue weighted by atomic mass is 16.5. The van der Waals surface area contributed by atoms with Crippen molar-refractivity contribution in [3.63, 3.8) is 0 Å². The smallest absolute Gasteiger partial charge is 0.306 e. The first-order valence-electron chi connectivity index (χ1n) is 6.98. The molecule has 1 fully saturated rings. The summed E-state index contributed by atoms with van der Waals surface area (Å²) in [6.07, 6.45) is 9.92. The van der Waals surface area contributed by atoms with Gasteiger partial charge in [-0.1, -0.05) is 25.7 Å². The molecule has 1 unspecified atom stereocenters. The van der Waals surface area contributed by atoms with Gasteiger partial charge in [-0.15, -0.1) is 0 Å². The molecule has 18 heavy (non-hydrogen) atoms.